The molecule has 0 saturated carbocycles. The number of hydrogen-bond acceptors (Lipinski definition) is 3. The third-order valence-electron chi connectivity index (χ3n) is 4.34. The number of hydrogen-bond donors (Lipinski definition) is 1. The highest BCUT2D eigenvalue weighted by molar-refractivity contribution is 7.80. The summed E-state index contributed by atoms with van der Waals surface area (Å²) in [6.45, 7) is 6.87. The summed E-state index contributed by atoms with van der Waals surface area (Å²) in [6.07, 6.45) is 1.52. The van der Waals surface area contributed by atoms with Crippen molar-refractivity contribution in [2.24, 2.45) is 0 Å². The molecule has 24 heavy (non-hydrogen) atoms. The van der Waals surface area contributed by atoms with Gasteiger partial charge >= 0.3 is 0 Å². The minimum absolute atomic E-state index is 0.0623. The van der Waals surface area contributed by atoms with Gasteiger partial charge in [0.25, 0.3) is 5.91 Å². The van der Waals surface area contributed by atoms with Crippen LogP contribution in [-0.4, -0.2) is 47.0 Å². The maximum absolute atomic E-state index is 12.3. The van der Waals surface area contributed by atoms with E-state index in [1.165, 1.54) is 17.4 Å². The van der Waals surface area contributed by atoms with Gasteiger partial charge in [0, 0.05) is 31.9 Å². The lowest BCUT2D eigenvalue weighted by molar-refractivity contribution is 0.0661. The summed E-state index contributed by atoms with van der Waals surface area (Å²) >= 11 is 5.51. The van der Waals surface area contributed by atoms with Crippen LogP contribution < -0.4 is 5.32 Å². The zero-order valence-electron chi connectivity index (χ0n) is 13.9. The van der Waals surface area contributed by atoms with Gasteiger partial charge in [-0.25, -0.2) is 0 Å². The molecule has 3 rings (SSSR count). The van der Waals surface area contributed by atoms with Gasteiger partial charge in [-0.3, -0.25) is 4.79 Å². The number of carbonyl (C=O) groups excluding carboxylic acids is 1. The van der Waals surface area contributed by atoms with Crippen molar-refractivity contribution >= 4 is 28.9 Å². The van der Waals surface area contributed by atoms with E-state index < -0.39 is 0 Å². The standard InChI is InChI=1S/C18H21N3O2S/c1-13-5-6-15(12-14(13)2)19-18(24)21-9-7-20(8-10-21)17(22)16-4-3-11-23-16/h3-6,11-12H,7-10H2,1-2H3,(H,19,24). The largest absolute Gasteiger partial charge is 0.459 e. The van der Waals surface area contributed by atoms with Crippen LogP contribution in [0, 0.1) is 13.8 Å². The van der Waals surface area contributed by atoms with Crippen LogP contribution in [0.3, 0.4) is 0 Å². The van der Waals surface area contributed by atoms with Gasteiger partial charge in [-0.2, -0.15) is 0 Å². The molecule has 1 N–H and O–H groups in total. The van der Waals surface area contributed by atoms with Gasteiger partial charge in [0.15, 0.2) is 10.9 Å². The van der Waals surface area contributed by atoms with Crippen LogP contribution in [0.2, 0.25) is 0 Å². The summed E-state index contributed by atoms with van der Waals surface area (Å²) in [4.78, 5) is 16.2. The third-order valence-corrected chi connectivity index (χ3v) is 4.70. The Labute approximate surface area is 147 Å². The molecule has 0 radical (unpaired) electrons. The molecule has 0 aliphatic carbocycles. The first-order valence-corrected chi connectivity index (χ1v) is 8.41. The molecule has 5 nitrogen and oxygen atoms in total. The van der Waals surface area contributed by atoms with Gasteiger partial charge in [0.2, 0.25) is 0 Å². The first-order valence-electron chi connectivity index (χ1n) is 8.00. The number of thiocarbonyl (C=S) groups is 1. The summed E-state index contributed by atoms with van der Waals surface area (Å²) in [7, 11) is 0. The van der Waals surface area contributed by atoms with E-state index in [-0.39, 0.29) is 5.91 Å². The molecule has 126 valence electrons. The van der Waals surface area contributed by atoms with Crippen LogP contribution in [0.4, 0.5) is 5.69 Å². The van der Waals surface area contributed by atoms with Crippen LogP contribution in [0.25, 0.3) is 0 Å². The number of aryl methyl sites for hydroxylation is 2. The minimum atomic E-state index is -0.0623. The average Bonchev–Trinajstić information content (AvgIpc) is 3.12. The predicted octanol–water partition coefficient (Wildman–Crippen LogP) is 3.05. The van der Waals surface area contributed by atoms with Gasteiger partial charge in [-0.05, 0) is 61.5 Å². The molecule has 1 saturated heterocycles. The van der Waals surface area contributed by atoms with Gasteiger partial charge in [-0.15, -0.1) is 0 Å². The molecule has 1 amide bonds. The first-order chi connectivity index (χ1) is 11.5. The van der Waals surface area contributed by atoms with E-state index >= 15 is 0 Å². The lowest BCUT2D eigenvalue weighted by Gasteiger charge is -2.35. The fourth-order valence-electron chi connectivity index (χ4n) is 2.69. The third kappa shape index (κ3) is 3.59. The average molecular weight is 343 g/mol. The van der Waals surface area contributed by atoms with Gasteiger partial charge in [-0.1, -0.05) is 6.07 Å². The van der Waals surface area contributed by atoms with E-state index in [1.807, 2.05) is 6.07 Å². The lowest BCUT2D eigenvalue weighted by atomic mass is 10.1. The van der Waals surface area contributed by atoms with Crippen molar-refractivity contribution in [2.75, 3.05) is 31.5 Å². The normalized spacial score (nSPS) is 14.6. The van der Waals surface area contributed by atoms with E-state index in [2.05, 4.69) is 36.2 Å². The molecule has 6 heteroatoms. The molecule has 0 bridgehead atoms. The molecular formula is C18H21N3O2S. The number of carbonyl (C=O) groups is 1. The second-order valence-corrected chi connectivity index (χ2v) is 6.37. The van der Waals surface area contributed by atoms with E-state index in [0.29, 0.717) is 37.1 Å². The smallest absolute Gasteiger partial charge is 0.289 e. The van der Waals surface area contributed by atoms with Gasteiger partial charge in [0.1, 0.15) is 0 Å². The Hall–Kier alpha value is -2.34. The van der Waals surface area contributed by atoms with Crippen molar-refractivity contribution in [3.63, 3.8) is 0 Å². The summed E-state index contributed by atoms with van der Waals surface area (Å²) in [5.74, 6) is 0.326. The minimum Gasteiger partial charge on any atom is -0.459 e. The maximum Gasteiger partial charge on any atom is 0.289 e. The number of nitrogens with one attached hydrogen (secondary N) is 1. The topological polar surface area (TPSA) is 48.7 Å². The highest BCUT2D eigenvalue weighted by atomic mass is 32.1. The molecular weight excluding hydrogens is 322 g/mol. The molecule has 1 aliphatic heterocycles. The van der Waals surface area contributed by atoms with Crippen molar-refractivity contribution < 1.29 is 9.21 Å². The number of anilines is 1. The Kier molecular flexibility index (Phi) is 4.85. The summed E-state index contributed by atoms with van der Waals surface area (Å²) in [6, 6.07) is 9.64. The predicted molar refractivity (Wildman–Crippen MR) is 98.3 cm³/mol. The summed E-state index contributed by atoms with van der Waals surface area (Å²) < 4.78 is 5.18. The highest BCUT2D eigenvalue weighted by Gasteiger charge is 2.24. The van der Waals surface area contributed by atoms with Crippen molar-refractivity contribution in [1.29, 1.82) is 0 Å². The van der Waals surface area contributed by atoms with Crippen LogP contribution in [0.1, 0.15) is 21.7 Å². The molecule has 0 unspecified atom stereocenters. The molecule has 0 atom stereocenters. The number of furan rings is 1. The molecule has 1 fully saturated rings. The van der Waals surface area contributed by atoms with Crippen LogP contribution in [0.5, 0.6) is 0 Å². The maximum atomic E-state index is 12.3. The van der Waals surface area contributed by atoms with E-state index in [4.69, 9.17) is 16.6 Å². The molecule has 1 aromatic carbocycles. The van der Waals surface area contributed by atoms with Crippen molar-refractivity contribution in [3.8, 4) is 0 Å². The molecule has 0 spiro atoms. The Bertz CT molecular complexity index is 735. The second kappa shape index (κ2) is 7.05. The number of piperazine rings is 1. The fourth-order valence-corrected chi connectivity index (χ4v) is 2.99. The van der Waals surface area contributed by atoms with E-state index in [9.17, 15) is 4.79 Å². The zero-order chi connectivity index (χ0) is 17.1. The van der Waals surface area contributed by atoms with Crippen molar-refractivity contribution in [2.45, 2.75) is 13.8 Å². The van der Waals surface area contributed by atoms with Gasteiger partial charge < -0.3 is 19.5 Å². The SMILES string of the molecule is Cc1ccc(NC(=S)N2CCN(C(=O)c3ccco3)CC2)cc1C. The monoisotopic (exact) mass is 343 g/mol. The van der Waals surface area contributed by atoms with Gasteiger partial charge in [0.05, 0.1) is 6.26 Å². The highest BCUT2D eigenvalue weighted by Crippen LogP contribution is 2.16. The molecule has 1 aromatic heterocycles. The van der Waals surface area contributed by atoms with Crippen LogP contribution in [-0.2, 0) is 0 Å². The second-order valence-electron chi connectivity index (χ2n) is 5.99. The number of nitrogens with zero attached hydrogens (tertiary/aromatic N) is 2. The van der Waals surface area contributed by atoms with Crippen LogP contribution in [0.15, 0.2) is 41.0 Å². The Morgan fingerprint density at radius 2 is 1.79 bits per heavy atom. The fraction of sp³-hybridized carbons (Fsp3) is 0.333. The first kappa shape index (κ1) is 16.5. The zero-order valence-corrected chi connectivity index (χ0v) is 14.7. The van der Waals surface area contributed by atoms with Crippen molar-refractivity contribution in [1.82, 2.24) is 9.80 Å². The summed E-state index contributed by atoms with van der Waals surface area (Å²) in [5.41, 5.74) is 3.49. The Morgan fingerprint density at radius 1 is 1.08 bits per heavy atom. The quantitative estimate of drug-likeness (QED) is 0.850. The van der Waals surface area contributed by atoms with Crippen molar-refractivity contribution in [3.05, 3.63) is 53.5 Å². The lowest BCUT2D eigenvalue weighted by Crippen LogP contribution is -2.51. The number of amides is 1. The van der Waals surface area contributed by atoms with E-state index in [1.54, 1.807) is 17.0 Å². The van der Waals surface area contributed by atoms with E-state index in [0.717, 1.165) is 5.69 Å². The summed E-state index contributed by atoms with van der Waals surface area (Å²) in [5, 5.41) is 3.98. The Morgan fingerprint density at radius 3 is 2.42 bits per heavy atom. The number of rotatable bonds is 2. The molecule has 2 heterocycles. The molecule has 1 aliphatic rings. The Balaban J connectivity index is 1.55. The molecule has 2 aromatic rings. The van der Waals surface area contributed by atoms with Crippen LogP contribution >= 0.6 is 12.2 Å². The number of benzene rings is 1.